The van der Waals surface area contributed by atoms with E-state index in [-0.39, 0.29) is 18.2 Å². The molecule has 2 aliphatic rings. The van der Waals surface area contributed by atoms with Crippen molar-refractivity contribution in [3.8, 4) is 17.0 Å². The molecular formula is C27H26N8O2. The van der Waals surface area contributed by atoms with Crippen LogP contribution in [0.3, 0.4) is 0 Å². The van der Waals surface area contributed by atoms with Gasteiger partial charge in [-0.2, -0.15) is 10.2 Å². The molecule has 2 aromatic carbocycles. The van der Waals surface area contributed by atoms with E-state index in [1.807, 2.05) is 65.3 Å². The van der Waals surface area contributed by atoms with Crippen LogP contribution in [0.15, 0.2) is 61.2 Å². The number of nitrogens with one attached hydrogen (secondary N) is 2. The third kappa shape index (κ3) is 4.04. The number of likely N-dealkylation sites (tertiary alicyclic amines) is 1. The second-order valence-corrected chi connectivity index (χ2v) is 9.80. The Hall–Kier alpha value is -4.47. The minimum atomic E-state index is -0.213. The van der Waals surface area contributed by atoms with Gasteiger partial charge in [0.2, 0.25) is 0 Å². The van der Waals surface area contributed by atoms with Gasteiger partial charge in [0.05, 0.1) is 28.8 Å². The van der Waals surface area contributed by atoms with E-state index in [2.05, 4.69) is 30.6 Å². The van der Waals surface area contributed by atoms with Crippen molar-refractivity contribution >= 4 is 28.0 Å². The van der Waals surface area contributed by atoms with Gasteiger partial charge in [0.15, 0.2) is 0 Å². The van der Waals surface area contributed by atoms with Gasteiger partial charge < -0.3 is 15.0 Å². The number of aromatic amines is 1. The second kappa shape index (κ2) is 8.58. The van der Waals surface area contributed by atoms with Crippen LogP contribution in [0.5, 0.6) is 5.75 Å². The zero-order valence-electron chi connectivity index (χ0n) is 20.3. The second-order valence-electron chi connectivity index (χ2n) is 9.80. The zero-order chi connectivity index (χ0) is 24.9. The lowest BCUT2D eigenvalue weighted by Crippen LogP contribution is -2.54. The highest BCUT2D eigenvalue weighted by Crippen LogP contribution is 2.33. The Bertz CT molecular complexity index is 1610. The number of para-hydroxylation sites is 1. The average molecular weight is 495 g/mol. The highest BCUT2D eigenvalue weighted by molar-refractivity contribution is 5.93. The summed E-state index contributed by atoms with van der Waals surface area (Å²) >= 11 is 0. The third-order valence-corrected chi connectivity index (χ3v) is 7.12. The van der Waals surface area contributed by atoms with E-state index < -0.39 is 0 Å². The predicted octanol–water partition coefficient (Wildman–Crippen LogP) is 4.24. The molecule has 0 spiro atoms. The lowest BCUT2D eigenvalue weighted by atomic mass is 10.1. The fourth-order valence-electron chi connectivity index (χ4n) is 4.84. The summed E-state index contributed by atoms with van der Waals surface area (Å²) in [4.78, 5) is 22.9. The lowest BCUT2D eigenvalue weighted by molar-refractivity contribution is 0.118. The van der Waals surface area contributed by atoms with Gasteiger partial charge in [0.1, 0.15) is 17.5 Å². The summed E-state index contributed by atoms with van der Waals surface area (Å²) in [5, 5.41) is 16.2. The normalized spacial score (nSPS) is 16.6. The van der Waals surface area contributed by atoms with Crippen LogP contribution in [-0.2, 0) is 0 Å². The van der Waals surface area contributed by atoms with Crippen molar-refractivity contribution in [2.45, 2.75) is 38.0 Å². The Balaban J connectivity index is 1.09. The van der Waals surface area contributed by atoms with E-state index in [0.29, 0.717) is 19.1 Å². The number of nitrogens with zero attached hydrogens (tertiary/aromatic N) is 6. The van der Waals surface area contributed by atoms with Crippen LogP contribution in [0.25, 0.3) is 33.2 Å². The van der Waals surface area contributed by atoms with Crippen LogP contribution in [-0.4, -0.2) is 60.0 Å². The number of carbonyl (C=O) groups excluding carboxylic acids is 1. The smallest absolute Gasteiger partial charge is 0.317 e. The Morgan fingerprint density at radius 1 is 1.16 bits per heavy atom. The lowest BCUT2D eigenvalue weighted by Gasteiger charge is -2.39. The van der Waals surface area contributed by atoms with E-state index in [0.717, 1.165) is 57.3 Å². The van der Waals surface area contributed by atoms with Crippen molar-refractivity contribution < 1.29 is 9.53 Å². The summed E-state index contributed by atoms with van der Waals surface area (Å²) in [6.45, 7) is 3.34. The third-order valence-electron chi connectivity index (χ3n) is 7.12. The monoisotopic (exact) mass is 494 g/mol. The molecule has 2 N–H and O–H groups in total. The number of hydrogen-bond donors (Lipinski definition) is 2. The molecule has 0 bridgehead atoms. The van der Waals surface area contributed by atoms with Crippen LogP contribution in [0.2, 0.25) is 0 Å². The van der Waals surface area contributed by atoms with Gasteiger partial charge in [-0.15, -0.1) is 0 Å². The maximum Gasteiger partial charge on any atom is 0.317 e. The molecule has 1 aliphatic heterocycles. The SMILES string of the molecule is CC(Oc1ccc2[nH]nc(-c3cnn(C4CN(C(=O)NC5CC5)C4)c3)c2c1)c1cccc2nccnc12. The molecule has 3 aromatic heterocycles. The van der Waals surface area contributed by atoms with Crippen molar-refractivity contribution in [3.05, 3.63) is 66.7 Å². The van der Waals surface area contributed by atoms with Gasteiger partial charge in [-0.1, -0.05) is 12.1 Å². The van der Waals surface area contributed by atoms with Gasteiger partial charge in [-0.3, -0.25) is 19.7 Å². The molecule has 4 heterocycles. The van der Waals surface area contributed by atoms with Crippen molar-refractivity contribution in [2.75, 3.05) is 13.1 Å². The number of hydrogen-bond acceptors (Lipinski definition) is 6. The van der Waals surface area contributed by atoms with Gasteiger partial charge >= 0.3 is 6.03 Å². The maximum atomic E-state index is 12.2. The Labute approximate surface area is 212 Å². The highest BCUT2D eigenvalue weighted by Gasteiger charge is 2.35. The van der Waals surface area contributed by atoms with Gasteiger partial charge in [-0.25, -0.2) is 4.79 Å². The number of benzene rings is 2. The van der Waals surface area contributed by atoms with E-state index in [4.69, 9.17) is 4.74 Å². The number of amides is 2. The van der Waals surface area contributed by atoms with Crippen LogP contribution in [0.4, 0.5) is 4.79 Å². The molecule has 1 aliphatic carbocycles. The summed E-state index contributed by atoms with van der Waals surface area (Å²) in [6.07, 6.45) is 9.19. The standard InChI is InChI=1S/C27H26N8O2/c1-16(21-3-2-4-24-26(21)29-10-9-28-24)37-20-7-8-23-22(11-20)25(33-32-23)17-12-30-35(13-17)19-14-34(15-19)27(36)31-18-5-6-18/h2-4,7-13,16,18-19H,5-6,14-15H2,1H3,(H,31,36)(H,32,33). The first-order valence-electron chi connectivity index (χ1n) is 12.6. The Kier molecular flexibility index (Phi) is 5.05. The topological polar surface area (TPSA) is 114 Å². The summed E-state index contributed by atoms with van der Waals surface area (Å²) in [7, 11) is 0. The summed E-state index contributed by atoms with van der Waals surface area (Å²) in [6, 6.07) is 12.4. The maximum absolute atomic E-state index is 12.2. The first-order chi connectivity index (χ1) is 18.1. The van der Waals surface area contributed by atoms with E-state index in [1.54, 1.807) is 12.4 Å². The van der Waals surface area contributed by atoms with Crippen LogP contribution in [0, 0.1) is 0 Å². The number of carbonyl (C=O) groups is 1. The fraction of sp³-hybridized carbons (Fsp3) is 0.296. The molecule has 5 aromatic rings. The number of ether oxygens (including phenoxy) is 1. The number of H-pyrrole nitrogens is 1. The molecule has 1 atom stereocenters. The summed E-state index contributed by atoms with van der Waals surface area (Å²) in [5.74, 6) is 0.743. The zero-order valence-corrected chi connectivity index (χ0v) is 20.3. The number of fused-ring (bicyclic) bond motifs is 2. The van der Waals surface area contributed by atoms with E-state index >= 15 is 0 Å². The fourth-order valence-corrected chi connectivity index (χ4v) is 4.84. The molecular weight excluding hydrogens is 468 g/mol. The first kappa shape index (κ1) is 21.8. The predicted molar refractivity (Wildman–Crippen MR) is 138 cm³/mol. The van der Waals surface area contributed by atoms with E-state index in [1.165, 1.54) is 0 Å². The van der Waals surface area contributed by atoms with Crippen molar-refractivity contribution in [3.63, 3.8) is 0 Å². The summed E-state index contributed by atoms with van der Waals surface area (Å²) in [5.41, 5.74) is 5.33. The molecule has 1 unspecified atom stereocenters. The number of aromatic nitrogens is 6. The molecule has 10 heteroatoms. The van der Waals surface area contributed by atoms with Crippen LogP contribution >= 0.6 is 0 Å². The van der Waals surface area contributed by atoms with E-state index in [9.17, 15) is 4.79 Å². The highest BCUT2D eigenvalue weighted by atomic mass is 16.5. The van der Waals surface area contributed by atoms with Crippen molar-refractivity contribution in [1.29, 1.82) is 0 Å². The first-order valence-corrected chi connectivity index (χ1v) is 12.6. The Morgan fingerprint density at radius 2 is 2.03 bits per heavy atom. The minimum absolute atomic E-state index is 0.0294. The van der Waals surface area contributed by atoms with Crippen LogP contribution in [0.1, 0.15) is 37.5 Å². The summed E-state index contributed by atoms with van der Waals surface area (Å²) < 4.78 is 8.27. The van der Waals surface area contributed by atoms with Gasteiger partial charge in [0, 0.05) is 54.2 Å². The van der Waals surface area contributed by atoms with Gasteiger partial charge in [-0.05, 0) is 44.0 Å². The Morgan fingerprint density at radius 3 is 2.89 bits per heavy atom. The number of rotatable bonds is 6. The quantitative estimate of drug-likeness (QED) is 0.365. The molecule has 7 rings (SSSR count). The molecule has 1 saturated heterocycles. The molecule has 37 heavy (non-hydrogen) atoms. The molecule has 0 radical (unpaired) electrons. The molecule has 1 saturated carbocycles. The minimum Gasteiger partial charge on any atom is -0.486 e. The van der Waals surface area contributed by atoms with Gasteiger partial charge in [0.25, 0.3) is 0 Å². The molecule has 2 fully saturated rings. The molecule has 186 valence electrons. The van der Waals surface area contributed by atoms with Crippen molar-refractivity contribution in [2.24, 2.45) is 0 Å². The number of urea groups is 1. The largest absolute Gasteiger partial charge is 0.486 e. The van der Waals surface area contributed by atoms with Crippen LogP contribution < -0.4 is 10.1 Å². The molecule has 10 nitrogen and oxygen atoms in total. The van der Waals surface area contributed by atoms with Crippen molar-refractivity contribution in [1.82, 2.24) is 40.2 Å². The molecule has 2 amide bonds. The average Bonchev–Trinajstić information content (AvgIpc) is 3.40.